The molecule has 3 aliphatic rings. The number of aromatic amines is 1. The van der Waals surface area contributed by atoms with Gasteiger partial charge in [-0.25, -0.2) is 29.5 Å². The quantitative estimate of drug-likeness (QED) is 0.110. The number of nitrogens with two attached hydrogens (primary N) is 1. The van der Waals surface area contributed by atoms with Crippen molar-refractivity contribution in [1.82, 2.24) is 39.0 Å². The summed E-state index contributed by atoms with van der Waals surface area (Å²) in [5.74, 6) is 0.100. The van der Waals surface area contributed by atoms with Crippen molar-refractivity contribution in [3.63, 3.8) is 0 Å². The molecule has 0 aliphatic carbocycles. The van der Waals surface area contributed by atoms with Gasteiger partial charge in [0.25, 0.3) is 5.56 Å². The lowest BCUT2D eigenvalue weighted by Crippen LogP contribution is -2.38. The van der Waals surface area contributed by atoms with Crippen molar-refractivity contribution in [1.29, 1.82) is 0 Å². The normalized spacial score (nSPS) is 38.3. The van der Waals surface area contributed by atoms with Crippen LogP contribution in [-0.4, -0.2) is 104 Å². The van der Waals surface area contributed by atoms with Gasteiger partial charge in [0.15, 0.2) is 35.1 Å². The van der Waals surface area contributed by atoms with Crippen molar-refractivity contribution in [3.05, 3.63) is 35.7 Å². The number of rotatable bonds is 2. The van der Waals surface area contributed by atoms with E-state index < -0.39 is 81.4 Å². The van der Waals surface area contributed by atoms with Gasteiger partial charge in [0.2, 0.25) is 0 Å². The fraction of sp³-hybridized carbons (Fsp3) is 0.500. The van der Waals surface area contributed by atoms with Gasteiger partial charge in [-0.2, -0.15) is 0 Å². The Balaban J connectivity index is 1.17. The molecule has 10 unspecified atom stereocenters. The lowest BCUT2D eigenvalue weighted by atomic mass is 10.1. The summed E-state index contributed by atoms with van der Waals surface area (Å²) in [5, 5.41) is 22.5. The number of nitrogen functional groups attached to an aromatic ring is 1. The molecule has 0 radical (unpaired) electrons. The Hall–Kier alpha value is -2.43. The summed E-state index contributed by atoms with van der Waals surface area (Å²) in [6.45, 7) is -9.49. The minimum absolute atomic E-state index is 0.0168. The third kappa shape index (κ3) is 5.28. The largest absolute Gasteiger partial charge is 0.386 e. The number of nitrogens with one attached hydrogen (secondary N) is 1. The van der Waals surface area contributed by atoms with E-state index in [2.05, 4.69) is 42.2 Å². The van der Waals surface area contributed by atoms with Crippen LogP contribution in [0.15, 0.2) is 30.1 Å². The molecule has 0 amide bonds. The highest BCUT2D eigenvalue weighted by Gasteiger charge is 2.53. The Morgan fingerprint density at radius 3 is 2.20 bits per heavy atom. The van der Waals surface area contributed by atoms with Gasteiger partial charge in [-0.3, -0.25) is 27.5 Å². The molecule has 44 heavy (non-hydrogen) atoms. The third-order valence-electron chi connectivity index (χ3n) is 7.23. The minimum Gasteiger partial charge on any atom is -0.386 e. The van der Waals surface area contributed by atoms with Gasteiger partial charge in [0.1, 0.15) is 48.5 Å². The average Bonchev–Trinajstić information content (AvgIpc) is 3.73. The monoisotopic (exact) mass is 691 g/mol. The van der Waals surface area contributed by atoms with Crippen LogP contribution in [0.2, 0.25) is 0 Å². The van der Waals surface area contributed by atoms with E-state index in [-0.39, 0.29) is 28.1 Å². The Kier molecular flexibility index (Phi) is 7.64. The summed E-state index contributed by atoms with van der Waals surface area (Å²) in [5.41, 5.74) is 5.91. The number of hydrogen-bond acceptors (Lipinski definition) is 17. The zero-order valence-electron chi connectivity index (χ0n) is 21.9. The first kappa shape index (κ1) is 30.2. The molecule has 236 valence electrons. The first-order valence-corrected chi connectivity index (χ1v) is 18.0. The SMILES string of the molecule is Nc1ncnc2c1ncn2C1OC2COP(=O)(S)OC3C(COP(O)(=S)OC2C1O)OC(n1cnc2c(=O)[nH]cnc21)C3O. The number of H-pyrrole nitrogens is 1. The summed E-state index contributed by atoms with van der Waals surface area (Å²) >= 11 is 9.29. The van der Waals surface area contributed by atoms with Crippen molar-refractivity contribution in [2.75, 3.05) is 18.9 Å². The summed E-state index contributed by atoms with van der Waals surface area (Å²) in [7, 11) is 0. The number of nitrogens with zero attached hydrogens (tertiary/aromatic N) is 7. The van der Waals surface area contributed by atoms with Crippen LogP contribution in [0.4, 0.5) is 5.82 Å². The molecule has 0 bridgehead atoms. The number of aliphatic hydroxyl groups excluding tert-OH is 2. The zero-order valence-corrected chi connectivity index (χ0v) is 25.4. The maximum absolute atomic E-state index is 13.4. The molecule has 0 spiro atoms. The molecule has 4 aromatic heterocycles. The molecule has 0 saturated carbocycles. The van der Waals surface area contributed by atoms with Gasteiger partial charge in [-0.1, -0.05) is 12.2 Å². The first-order chi connectivity index (χ1) is 20.9. The highest BCUT2D eigenvalue weighted by atomic mass is 32.7. The first-order valence-electron chi connectivity index (χ1n) is 12.7. The molecular formula is C20H23N9O11P2S2. The molecule has 20 nitrogen and oxygen atoms in total. The number of anilines is 1. The summed E-state index contributed by atoms with van der Waals surface area (Å²) in [6, 6.07) is 0. The number of hydrogen-bond donors (Lipinski definition) is 6. The van der Waals surface area contributed by atoms with Crippen LogP contribution in [0.5, 0.6) is 0 Å². The van der Waals surface area contributed by atoms with Crippen LogP contribution in [0.25, 0.3) is 22.3 Å². The van der Waals surface area contributed by atoms with Crippen LogP contribution in [-0.2, 0) is 43.9 Å². The van der Waals surface area contributed by atoms with Crippen molar-refractivity contribution in [3.8, 4) is 0 Å². The van der Waals surface area contributed by atoms with Crippen LogP contribution in [0, 0.1) is 0 Å². The number of imidazole rings is 2. The highest BCUT2D eigenvalue weighted by Crippen LogP contribution is 2.58. The topological polar surface area (TPSA) is 266 Å². The Labute approximate surface area is 255 Å². The van der Waals surface area contributed by atoms with Crippen LogP contribution >= 0.6 is 25.8 Å². The Morgan fingerprint density at radius 2 is 1.52 bits per heavy atom. The smallest absolute Gasteiger partial charge is 0.386 e. The molecule has 0 aromatic carbocycles. The molecule has 3 saturated heterocycles. The number of fused-ring (bicyclic) bond motifs is 4. The predicted molar refractivity (Wildman–Crippen MR) is 152 cm³/mol. The average molecular weight is 692 g/mol. The molecule has 10 atom stereocenters. The van der Waals surface area contributed by atoms with Crippen molar-refractivity contribution in [2.45, 2.75) is 49.1 Å². The van der Waals surface area contributed by atoms with Gasteiger partial charge in [-0.05, 0) is 11.8 Å². The number of ether oxygens (including phenoxy) is 2. The van der Waals surface area contributed by atoms with Gasteiger partial charge in [-0.15, -0.1) is 0 Å². The number of aromatic nitrogens is 8. The maximum atomic E-state index is 13.4. The van der Waals surface area contributed by atoms with E-state index in [9.17, 15) is 24.5 Å². The van der Waals surface area contributed by atoms with Gasteiger partial charge in [0.05, 0.1) is 32.2 Å². The second-order valence-electron chi connectivity index (χ2n) is 9.92. The minimum atomic E-state index is -4.28. The standard InChI is InChI=1S/C20H23N9O11P2S2/c21-15-9-16(23-3-22-15)28(5-26-9)19-11(30)13-7(37-19)1-35-42(34,44)40-14-8(2-36-41(33,43)39-13)38-20(12(14)31)29-6-27-10-17(29)24-4-25-18(10)32/h3-8,11-14,19-20,30-31H,1-2H2,(H,33,43)(H,34,44)(H2,21,22,23)(H,24,25,32). The maximum Gasteiger partial charge on any atom is 0.386 e. The number of aliphatic hydroxyl groups is 2. The van der Waals surface area contributed by atoms with E-state index in [1.54, 1.807) is 0 Å². The Bertz CT molecular complexity index is 1890. The van der Waals surface area contributed by atoms with Crippen molar-refractivity contribution < 1.29 is 47.2 Å². The molecule has 24 heteroatoms. The van der Waals surface area contributed by atoms with E-state index in [1.807, 2.05) is 0 Å². The molecular weight excluding hydrogens is 668 g/mol. The van der Waals surface area contributed by atoms with Crippen molar-refractivity contribution >= 4 is 65.7 Å². The fourth-order valence-corrected chi connectivity index (χ4v) is 8.17. The van der Waals surface area contributed by atoms with Gasteiger partial charge < -0.3 is 39.8 Å². The van der Waals surface area contributed by atoms with Crippen LogP contribution in [0.1, 0.15) is 12.5 Å². The lowest BCUT2D eigenvalue weighted by molar-refractivity contribution is -0.0577. The lowest BCUT2D eigenvalue weighted by Gasteiger charge is -2.29. The summed E-state index contributed by atoms with van der Waals surface area (Å²) in [6.07, 6.45) is -5.75. The third-order valence-corrected chi connectivity index (χ3v) is 10.4. The predicted octanol–water partition coefficient (Wildman–Crippen LogP) is -0.870. The number of thiol groups is 1. The second-order valence-corrected chi connectivity index (χ2v) is 15.6. The van der Waals surface area contributed by atoms with E-state index in [4.69, 9.17) is 45.1 Å². The van der Waals surface area contributed by atoms with Gasteiger partial charge >= 0.3 is 13.5 Å². The summed E-state index contributed by atoms with van der Waals surface area (Å²) in [4.78, 5) is 45.8. The fourth-order valence-electron chi connectivity index (χ4n) is 5.24. The van der Waals surface area contributed by atoms with Crippen LogP contribution < -0.4 is 11.3 Å². The second kappa shape index (κ2) is 11.1. The van der Waals surface area contributed by atoms with E-state index in [0.717, 1.165) is 6.33 Å². The Morgan fingerprint density at radius 1 is 0.932 bits per heavy atom. The highest BCUT2D eigenvalue weighted by molar-refractivity contribution is 8.44. The summed E-state index contributed by atoms with van der Waals surface area (Å²) < 4.78 is 50.4. The zero-order chi connectivity index (χ0) is 31.0. The molecule has 7 heterocycles. The van der Waals surface area contributed by atoms with Crippen molar-refractivity contribution in [2.24, 2.45) is 0 Å². The molecule has 3 fully saturated rings. The molecule has 3 aliphatic heterocycles. The molecule has 4 aromatic rings. The molecule has 6 N–H and O–H groups in total. The van der Waals surface area contributed by atoms with E-state index in [0.29, 0.717) is 0 Å². The van der Waals surface area contributed by atoms with Crippen LogP contribution in [0.3, 0.4) is 0 Å². The van der Waals surface area contributed by atoms with E-state index in [1.165, 1.54) is 28.1 Å². The van der Waals surface area contributed by atoms with Gasteiger partial charge in [0, 0.05) is 0 Å². The molecule has 7 rings (SSSR count). The van der Waals surface area contributed by atoms with E-state index >= 15 is 0 Å².